The van der Waals surface area contributed by atoms with E-state index < -0.39 is 0 Å². The summed E-state index contributed by atoms with van der Waals surface area (Å²) in [5.41, 5.74) is 1.65. The van der Waals surface area contributed by atoms with Gasteiger partial charge in [0.25, 0.3) is 0 Å². The van der Waals surface area contributed by atoms with E-state index >= 15 is 0 Å². The van der Waals surface area contributed by atoms with Gasteiger partial charge in [0, 0.05) is 30.9 Å². The van der Waals surface area contributed by atoms with E-state index in [1.807, 2.05) is 0 Å². The van der Waals surface area contributed by atoms with Crippen LogP contribution in [0.2, 0.25) is 0 Å². The minimum absolute atomic E-state index is 0.00686. The highest BCUT2D eigenvalue weighted by molar-refractivity contribution is 7.99. The van der Waals surface area contributed by atoms with Gasteiger partial charge in [0.05, 0.1) is 0 Å². The molecule has 0 aromatic carbocycles. The second-order valence-corrected chi connectivity index (χ2v) is 5.69. The smallest absolute Gasteiger partial charge is 0.244 e. The average molecular weight is 262 g/mol. The summed E-state index contributed by atoms with van der Waals surface area (Å²) in [6, 6.07) is 0. The van der Waals surface area contributed by atoms with Crippen molar-refractivity contribution in [3.8, 4) is 0 Å². The molecule has 0 radical (unpaired) electrons. The molecule has 100 valence electrons. The van der Waals surface area contributed by atoms with Crippen LogP contribution in [0.1, 0.15) is 33.1 Å². The Morgan fingerprint density at radius 1 is 1.29 bits per heavy atom. The lowest BCUT2D eigenvalue weighted by Crippen LogP contribution is -2.24. The summed E-state index contributed by atoms with van der Waals surface area (Å²) in [7, 11) is 1.61. The lowest BCUT2D eigenvalue weighted by Gasteiger charge is -2.17. The van der Waals surface area contributed by atoms with Gasteiger partial charge in [0.2, 0.25) is 11.8 Å². The van der Waals surface area contributed by atoms with E-state index in [0.717, 1.165) is 6.42 Å². The van der Waals surface area contributed by atoms with E-state index in [0.29, 0.717) is 18.1 Å². The fourth-order valence-corrected chi connectivity index (χ4v) is 2.86. The third-order valence-electron chi connectivity index (χ3n) is 2.23. The predicted molar refractivity (Wildman–Crippen MR) is 68.9 cm³/mol. The molecular formula is C11H22N2O3S. The molecule has 0 heterocycles. The second-order valence-electron chi connectivity index (χ2n) is 4.28. The molecular weight excluding hydrogens is 240 g/mol. The van der Waals surface area contributed by atoms with Crippen LogP contribution in [0, 0.1) is 5.92 Å². The number of carbonyl (C=O) groups excluding carboxylic acids is 2. The molecule has 0 saturated heterocycles. The third-order valence-corrected chi connectivity index (χ3v) is 3.50. The molecule has 3 N–H and O–H groups in total. The number of rotatable bonds is 8. The zero-order chi connectivity index (χ0) is 13.3. The maximum absolute atomic E-state index is 11.1. The molecule has 0 aromatic heterocycles. The average Bonchev–Trinajstić information content (AvgIpc) is 2.27. The number of hydrogen-bond acceptors (Lipinski definition) is 4. The Balaban J connectivity index is 4.01. The number of carbonyl (C=O) groups is 2. The van der Waals surface area contributed by atoms with Gasteiger partial charge in [-0.15, -0.1) is 0 Å². The van der Waals surface area contributed by atoms with Crippen LogP contribution in [-0.2, 0) is 9.59 Å². The fourth-order valence-electron chi connectivity index (χ4n) is 1.43. The topological polar surface area (TPSA) is 78.4 Å². The van der Waals surface area contributed by atoms with Crippen LogP contribution in [0.4, 0.5) is 0 Å². The first kappa shape index (κ1) is 16.2. The largest absolute Gasteiger partial charge is 0.359 e. The van der Waals surface area contributed by atoms with Gasteiger partial charge in [-0.25, -0.2) is 5.48 Å². The van der Waals surface area contributed by atoms with Gasteiger partial charge in [-0.3, -0.25) is 14.8 Å². The highest BCUT2D eigenvalue weighted by Crippen LogP contribution is 2.23. The minimum Gasteiger partial charge on any atom is -0.359 e. The Morgan fingerprint density at radius 2 is 1.94 bits per heavy atom. The van der Waals surface area contributed by atoms with Crippen LogP contribution < -0.4 is 10.8 Å². The molecule has 0 spiro atoms. The number of hydroxylamine groups is 1. The Bertz CT molecular complexity index is 247. The molecule has 5 nitrogen and oxygen atoms in total. The number of hydrogen-bond donors (Lipinski definition) is 3. The molecule has 0 aliphatic heterocycles. The fraction of sp³-hybridized carbons (Fsp3) is 0.818. The van der Waals surface area contributed by atoms with Crippen molar-refractivity contribution in [3.63, 3.8) is 0 Å². The summed E-state index contributed by atoms with van der Waals surface area (Å²) in [6.07, 6.45) is 1.63. The predicted octanol–water partition coefficient (Wildman–Crippen LogP) is 1.17. The van der Waals surface area contributed by atoms with Crippen LogP contribution in [0.15, 0.2) is 0 Å². The van der Waals surface area contributed by atoms with Crippen molar-refractivity contribution in [2.24, 2.45) is 5.92 Å². The summed E-state index contributed by atoms with van der Waals surface area (Å²) in [4.78, 5) is 22.2. The molecule has 0 bridgehead atoms. The molecule has 0 fully saturated rings. The maximum Gasteiger partial charge on any atom is 0.244 e. The Labute approximate surface area is 107 Å². The molecule has 0 aliphatic carbocycles. The van der Waals surface area contributed by atoms with Crippen LogP contribution in [0.3, 0.4) is 0 Å². The third kappa shape index (κ3) is 9.00. The Morgan fingerprint density at radius 3 is 2.41 bits per heavy atom. The summed E-state index contributed by atoms with van der Waals surface area (Å²) < 4.78 is 0. The highest BCUT2D eigenvalue weighted by Gasteiger charge is 2.16. The van der Waals surface area contributed by atoms with Gasteiger partial charge in [0.1, 0.15) is 0 Å². The number of nitrogens with one attached hydrogen (secondary N) is 2. The Hall–Kier alpha value is -0.750. The Kier molecular flexibility index (Phi) is 8.89. The molecule has 6 heteroatoms. The lowest BCUT2D eigenvalue weighted by atomic mass is 10.1. The molecule has 0 aromatic rings. The second kappa shape index (κ2) is 9.30. The van der Waals surface area contributed by atoms with Crippen LogP contribution in [0.5, 0.6) is 0 Å². The highest BCUT2D eigenvalue weighted by atomic mass is 32.2. The lowest BCUT2D eigenvalue weighted by molar-refractivity contribution is -0.129. The van der Waals surface area contributed by atoms with E-state index in [-0.39, 0.29) is 23.5 Å². The van der Waals surface area contributed by atoms with Crippen molar-refractivity contribution in [3.05, 3.63) is 0 Å². The summed E-state index contributed by atoms with van der Waals surface area (Å²) in [6.45, 7) is 4.17. The van der Waals surface area contributed by atoms with Crippen molar-refractivity contribution in [1.82, 2.24) is 10.8 Å². The van der Waals surface area contributed by atoms with Crippen LogP contribution in [0.25, 0.3) is 0 Å². The van der Waals surface area contributed by atoms with Gasteiger partial charge in [-0.2, -0.15) is 11.8 Å². The summed E-state index contributed by atoms with van der Waals surface area (Å²) in [5.74, 6) is 0.810. The number of thioether (sulfide) groups is 1. The normalized spacial score (nSPS) is 12.3. The zero-order valence-electron chi connectivity index (χ0n) is 10.7. The molecule has 17 heavy (non-hydrogen) atoms. The van der Waals surface area contributed by atoms with E-state index in [2.05, 4.69) is 19.2 Å². The number of amides is 2. The first-order valence-corrected chi connectivity index (χ1v) is 6.79. The molecule has 0 rings (SSSR count). The molecule has 1 atom stereocenters. The summed E-state index contributed by atoms with van der Waals surface area (Å²) in [5, 5.41) is 11.2. The minimum atomic E-state index is -0.372. The van der Waals surface area contributed by atoms with Crippen LogP contribution in [-0.4, -0.2) is 35.1 Å². The van der Waals surface area contributed by atoms with Crippen LogP contribution >= 0.6 is 11.8 Å². The van der Waals surface area contributed by atoms with Crippen molar-refractivity contribution in [1.29, 1.82) is 0 Å². The van der Waals surface area contributed by atoms with E-state index in [1.165, 1.54) is 0 Å². The van der Waals surface area contributed by atoms with E-state index in [9.17, 15) is 9.59 Å². The van der Waals surface area contributed by atoms with Gasteiger partial charge >= 0.3 is 0 Å². The zero-order valence-corrected chi connectivity index (χ0v) is 11.5. The van der Waals surface area contributed by atoms with E-state index in [1.54, 1.807) is 24.3 Å². The first-order chi connectivity index (χ1) is 7.99. The monoisotopic (exact) mass is 262 g/mol. The van der Waals surface area contributed by atoms with Gasteiger partial charge in [-0.1, -0.05) is 13.8 Å². The van der Waals surface area contributed by atoms with Gasteiger partial charge in [0.15, 0.2) is 0 Å². The first-order valence-electron chi connectivity index (χ1n) is 5.74. The quantitative estimate of drug-likeness (QED) is 0.453. The molecule has 0 aliphatic rings. The SMILES string of the molecule is CNC(=O)CCSC(CC(=O)NO)CC(C)C. The van der Waals surface area contributed by atoms with E-state index in [4.69, 9.17) is 5.21 Å². The molecule has 0 saturated carbocycles. The van der Waals surface area contributed by atoms with Crippen molar-refractivity contribution < 1.29 is 14.8 Å². The molecule has 1 unspecified atom stereocenters. The van der Waals surface area contributed by atoms with Gasteiger partial charge < -0.3 is 5.32 Å². The molecule has 2 amide bonds. The standard InChI is InChI=1S/C11H22N2O3S/c1-8(2)6-9(7-11(15)13-16)17-5-4-10(14)12-3/h8-9,16H,4-7H2,1-3H3,(H,12,14)(H,13,15). The van der Waals surface area contributed by atoms with Crippen molar-refractivity contribution in [2.75, 3.05) is 12.8 Å². The van der Waals surface area contributed by atoms with Gasteiger partial charge in [-0.05, 0) is 12.3 Å². The maximum atomic E-state index is 11.1. The summed E-state index contributed by atoms with van der Waals surface area (Å²) >= 11 is 1.60. The van der Waals surface area contributed by atoms with Crippen molar-refractivity contribution >= 4 is 23.6 Å². The van der Waals surface area contributed by atoms with Crippen molar-refractivity contribution in [2.45, 2.75) is 38.4 Å².